The summed E-state index contributed by atoms with van der Waals surface area (Å²) in [5.41, 5.74) is 1.55. The summed E-state index contributed by atoms with van der Waals surface area (Å²) in [5, 5.41) is 4.71. The van der Waals surface area contributed by atoms with Crippen LogP contribution in [0, 0.1) is 0 Å². The van der Waals surface area contributed by atoms with Crippen LogP contribution in [0.3, 0.4) is 0 Å². The van der Waals surface area contributed by atoms with Gasteiger partial charge in [-0.25, -0.2) is 9.97 Å². The first-order valence-electron chi connectivity index (χ1n) is 11.5. The third-order valence-corrected chi connectivity index (χ3v) is 6.24. The van der Waals surface area contributed by atoms with Gasteiger partial charge in [0, 0.05) is 30.2 Å². The summed E-state index contributed by atoms with van der Waals surface area (Å²) in [4.78, 5) is 24.6. The minimum atomic E-state index is -0.117. The Kier molecular flexibility index (Phi) is 8.56. The number of benzene rings is 2. The second-order valence-electron chi connectivity index (χ2n) is 7.72. The molecular formula is C25H30N4O4S. The molecule has 2 aromatic carbocycles. The molecule has 1 aliphatic rings. The molecule has 1 N–H and O–H groups in total. The summed E-state index contributed by atoms with van der Waals surface area (Å²) in [7, 11) is 0. The van der Waals surface area contributed by atoms with E-state index in [0.717, 1.165) is 48.1 Å². The number of hydrogen-bond acceptors (Lipinski definition) is 8. The molecule has 1 amide bonds. The van der Waals surface area contributed by atoms with Gasteiger partial charge in [-0.1, -0.05) is 30.0 Å². The van der Waals surface area contributed by atoms with E-state index < -0.39 is 0 Å². The summed E-state index contributed by atoms with van der Waals surface area (Å²) in [6, 6.07) is 13.3. The van der Waals surface area contributed by atoms with Crippen LogP contribution in [0.2, 0.25) is 0 Å². The van der Waals surface area contributed by atoms with Gasteiger partial charge in [-0.2, -0.15) is 0 Å². The molecule has 2 heterocycles. The Morgan fingerprint density at radius 3 is 2.62 bits per heavy atom. The molecule has 0 aliphatic carbocycles. The van der Waals surface area contributed by atoms with E-state index in [1.165, 1.54) is 11.8 Å². The van der Waals surface area contributed by atoms with Crippen molar-refractivity contribution in [2.24, 2.45) is 0 Å². The molecule has 1 aliphatic heterocycles. The fraction of sp³-hybridized carbons (Fsp3) is 0.400. The van der Waals surface area contributed by atoms with Crippen LogP contribution in [0.25, 0.3) is 10.9 Å². The van der Waals surface area contributed by atoms with Gasteiger partial charge in [0.1, 0.15) is 10.9 Å². The van der Waals surface area contributed by atoms with E-state index in [-0.39, 0.29) is 11.7 Å². The maximum atomic E-state index is 12.7. The Balaban J connectivity index is 1.45. The molecule has 0 atom stereocenters. The van der Waals surface area contributed by atoms with Gasteiger partial charge in [-0.05, 0) is 32.0 Å². The van der Waals surface area contributed by atoms with E-state index in [1.807, 2.05) is 50.2 Å². The van der Waals surface area contributed by atoms with Gasteiger partial charge in [0.25, 0.3) is 0 Å². The molecular weight excluding hydrogens is 452 g/mol. The van der Waals surface area contributed by atoms with Crippen LogP contribution in [0.1, 0.15) is 19.7 Å². The van der Waals surface area contributed by atoms with Crippen molar-refractivity contribution < 1.29 is 19.0 Å². The molecule has 1 aromatic heterocycles. The number of carbonyl (C=O) groups excluding carboxylic acids is 1. The highest BCUT2D eigenvalue weighted by atomic mass is 32.2. The van der Waals surface area contributed by atoms with E-state index in [1.54, 1.807) is 6.07 Å². The molecule has 4 rings (SSSR count). The lowest BCUT2D eigenvalue weighted by Crippen LogP contribution is -2.36. The Bertz CT molecular complexity index is 1120. The number of thioether (sulfide) groups is 1. The van der Waals surface area contributed by atoms with Crippen molar-refractivity contribution in [2.75, 3.05) is 50.6 Å². The largest absolute Gasteiger partial charge is 0.490 e. The van der Waals surface area contributed by atoms with Crippen LogP contribution in [0.4, 0.5) is 5.69 Å². The molecule has 0 saturated carbocycles. The first-order chi connectivity index (χ1) is 16.7. The zero-order valence-corrected chi connectivity index (χ0v) is 20.4. The average molecular weight is 483 g/mol. The number of para-hydroxylation sites is 1. The maximum absolute atomic E-state index is 12.7. The fourth-order valence-corrected chi connectivity index (χ4v) is 4.53. The Morgan fingerprint density at radius 2 is 1.82 bits per heavy atom. The van der Waals surface area contributed by atoms with Crippen molar-refractivity contribution in [3.8, 4) is 11.5 Å². The maximum Gasteiger partial charge on any atom is 0.234 e. The highest BCUT2D eigenvalue weighted by Gasteiger charge is 2.16. The zero-order valence-electron chi connectivity index (χ0n) is 19.6. The fourth-order valence-electron chi connectivity index (χ4n) is 3.69. The minimum Gasteiger partial charge on any atom is -0.490 e. The summed E-state index contributed by atoms with van der Waals surface area (Å²) in [6.07, 6.45) is 0. The molecule has 1 saturated heterocycles. The van der Waals surface area contributed by atoms with Gasteiger partial charge < -0.3 is 19.5 Å². The molecule has 0 bridgehead atoms. The number of anilines is 1. The molecule has 0 radical (unpaired) electrons. The number of morpholine rings is 1. The van der Waals surface area contributed by atoms with Crippen LogP contribution < -0.4 is 14.8 Å². The van der Waals surface area contributed by atoms with Crippen molar-refractivity contribution in [1.82, 2.24) is 14.9 Å². The third kappa shape index (κ3) is 6.37. The molecule has 3 aromatic rings. The van der Waals surface area contributed by atoms with E-state index in [2.05, 4.69) is 10.2 Å². The van der Waals surface area contributed by atoms with Gasteiger partial charge in [0.2, 0.25) is 5.91 Å². The predicted octanol–water partition coefficient (Wildman–Crippen LogP) is 3.99. The predicted molar refractivity (Wildman–Crippen MR) is 134 cm³/mol. The van der Waals surface area contributed by atoms with Crippen molar-refractivity contribution in [2.45, 2.75) is 25.4 Å². The number of carbonyl (C=O) groups is 1. The number of aromatic nitrogens is 2. The SMILES string of the molecule is CCOc1ccc(NC(=O)CSc2nc(CN3CCOCC3)nc3ccccc23)cc1OCC. The molecule has 8 nitrogen and oxygen atoms in total. The molecule has 0 unspecified atom stereocenters. The molecule has 0 spiro atoms. The second kappa shape index (κ2) is 12.0. The monoisotopic (exact) mass is 482 g/mol. The Hall–Kier alpha value is -2.88. The van der Waals surface area contributed by atoms with E-state index >= 15 is 0 Å². The van der Waals surface area contributed by atoms with Gasteiger partial charge in [-0.15, -0.1) is 0 Å². The third-order valence-electron chi connectivity index (χ3n) is 5.25. The molecule has 9 heteroatoms. The zero-order chi connectivity index (χ0) is 23.8. The minimum absolute atomic E-state index is 0.117. The van der Waals surface area contributed by atoms with Crippen molar-refractivity contribution in [3.05, 3.63) is 48.3 Å². The smallest absolute Gasteiger partial charge is 0.234 e. The standard InChI is InChI=1S/C25H30N4O4S/c1-3-32-21-10-9-18(15-22(21)33-4-2)26-24(30)17-34-25-19-7-5-6-8-20(19)27-23(28-25)16-29-11-13-31-14-12-29/h5-10,15H,3-4,11-14,16-17H2,1-2H3,(H,26,30). The Labute approximate surface area is 204 Å². The van der Waals surface area contributed by atoms with E-state index in [0.29, 0.717) is 36.9 Å². The quantitative estimate of drug-likeness (QED) is 0.343. The van der Waals surface area contributed by atoms with Crippen LogP contribution >= 0.6 is 11.8 Å². The van der Waals surface area contributed by atoms with Crippen molar-refractivity contribution in [1.29, 1.82) is 0 Å². The first-order valence-corrected chi connectivity index (χ1v) is 12.5. The lowest BCUT2D eigenvalue weighted by molar-refractivity contribution is -0.113. The number of ether oxygens (including phenoxy) is 3. The van der Waals surface area contributed by atoms with Gasteiger partial charge in [-0.3, -0.25) is 9.69 Å². The lowest BCUT2D eigenvalue weighted by atomic mass is 10.2. The summed E-state index contributed by atoms with van der Waals surface area (Å²) < 4.78 is 16.7. The second-order valence-corrected chi connectivity index (χ2v) is 8.68. The van der Waals surface area contributed by atoms with E-state index in [4.69, 9.17) is 24.2 Å². The number of fused-ring (bicyclic) bond motifs is 1. The number of nitrogens with zero attached hydrogens (tertiary/aromatic N) is 3. The first kappa shape index (κ1) is 24.3. The van der Waals surface area contributed by atoms with Gasteiger partial charge >= 0.3 is 0 Å². The molecule has 34 heavy (non-hydrogen) atoms. The summed E-state index contributed by atoms with van der Waals surface area (Å²) in [5.74, 6) is 2.15. The number of hydrogen-bond donors (Lipinski definition) is 1. The number of rotatable bonds is 10. The summed E-state index contributed by atoms with van der Waals surface area (Å²) >= 11 is 1.42. The van der Waals surface area contributed by atoms with Gasteiger partial charge in [0.15, 0.2) is 11.5 Å². The molecule has 180 valence electrons. The van der Waals surface area contributed by atoms with Crippen molar-refractivity contribution >= 4 is 34.3 Å². The normalized spacial score (nSPS) is 14.2. The van der Waals surface area contributed by atoms with Crippen LogP contribution in [-0.4, -0.2) is 66.0 Å². The van der Waals surface area contributed by atoms with Crippen LogP contribution in [0.15, 0.2) is 47.5 Å². The number of amides is 1. The average Bonchev–Trinajstić information content (AvgIpc) is 2.85. The highest BCUT2D eigenvalue weighted by Crippen LogP contribution is 2.31. The molecule has 1 fully saturated rings. The van der Waals surface area contributed by atoms with Gasteiger partial charge in [0.05, 0.1) is 44.2 Å². The Morgan fingerprint density at radius 1 is 1.06 bits per heavy atom. The highest BCUT2D eigenvalue weighted by molar-refractivity contribution is 8.00. The topological polar surface area (TPSA) is 85.8 Å². The van der Waals surface area contributed by atoms with E-state index in [9.17, 15) is 4.79 Å². The summed E-state index contributed by atoms with van der Waals surface area (Å²) in [6.45, 7) is 8.75. The van der Waals surface area contributed by atoms with Crippen molar-refractivity contribution in [3.63, 3.8) is 0 Å². The number of nitrogens with one attached hydrogen (secondary N) is 1. The van der Waals surface area contributed by atoms with Crippen LogP contribution in [0.5, 0.6) is 11.5 Å². The lowest BCUT2D eigenvalue weighted by Gasteiger charge is -2.25. The van der Waals surface area contributed by atoms with Crippen LogP contribution in [-0.2, 0) is 16.1 Å².